The predicted molar refractivity (Wildman–Crippen MR) is 90.5 cm³/mol. The van der Waals surface area contributed by atoms with Crippen molar-refractivity contribution in [3.05, 3.63) is 34.9 Å². The van der Waals surface area contributed by atoms with E-state index in [9.17, 15) is 0 Å². The highest BCUT2D eigenvalue weighted by Crippen LogP contribution is 2.16. The topological polar surface area (TPSA) is 12.0 Å². The Balaban J connectivity index is 1.99. The summed E-state index contributed by atoms with van der Waals surface area (Å²) in [5, 5.41) is 4.40. The van der Waals surface area contributed by atoms with Crippen molar-refractivity contribution in [2.24, 2.45) is 0 Å². The Hall–Kier alpha value is -0.530. The molecule has 0 saturated carbocycles. The van der Waals surface area contributed by atoms with Crippen molar-refractivity contribution in [3.63, 3.8) is 0 Å². The van der Waals surface area contributed by atoms with Gasteiger partial charge in [-0.25, -0.2) is 0 Å². The summed E-state index contributed by atoms with van der Waals surface area (Å²) in [6.45, 7) is 5.60. The molecule has 0 unspecified atom stereocenters. The van der Waals surface area contributed by atoms with E-state index in [4.69, 9.17) is 11.6 Å². The number of hydrogen-bond donors (Lipinski definition) is 1. The maximum Gasteiger partial charge on any atom is 0.0406 e. The molecule has 0 heterocycles. The van der Waals surface area contributed by atoms with E-state index in [0.29, 0.717) is 6.04 Å². The smallest absolute Gasteiger partial charge is 0.0406 e. The lowest BCUT2D eigenvalue weighted by Gasteiger charge is -2.14. The van der Waals surface area contributed by atoms with Crippen LogP contribution in [0.5, 0.6) is 0 Å². The third-order valence-corrected chi connectivity index (χ3v) is 4.10. The summed E-state index contributed by atoms with van der Waals surface area (Å²) in [7, 11) is 0. The van der Waals surface area contributed by atoms with Crippen LogP contribution in [0.15, 0.2) is 24.3 Å². The van der Waals surface area contributed by atoms with Crippen molar-refractivity contribution >= 4 is 11.6 Å². The molecule has 0 fully saturated rings. The summed E-state index contributed by atoms with van der Waals surface area (Å²) >= 11 is 5.90. The molecule has 2 heteroatoms. The zero-order valence-electron chi connectivity index (χ0n) is 13.1. The van der Waals surface area contributed by atoms with Crippen LogP contribution < -0.4 is 5.32 Å². The molecule has 1 rings (SSSR count). The van der Waals surface area contributed by atoms with Gasteiger partial charge in [0, 0.05) is 11.1 Å². The molecule has 0 bridgehead atoms. The average Bonchev–Trinajstić information content (AvgIpc) is 2.46. The van der Waals surface area contributed by atoms with Gasteiger partial charge in [-0.05, 0) is 37.6 Å². The molecule has 1 aromatic rings. The molecule has 0 aliphatic rings. The van der Waals surface area contributed by atoms with Gasteiger partial charge in [0.25, 0.3) is 0 Å². The molecular weight excluding hydrogens is 266 g/mol. The third kappa shape index (κ3) is 7.91. The minimum absolute atomic E-state index is 0.414. The molecule has 20 heavy (non-hydrogen) atoms. The van der Waals surface area contributed by atoms with E-state index in [1.165, 1.54) is 56.9 Å². The predicted octanol–water partition coefficient (Wildman–Crippen LogP) is 6.13. The van der Waals surface area contributed by atoms with Crippen molar-refractivity contribution in [2.45, 2.75) is 71.3 Å². The van der Waals surface area contributed by atoms with Crippen molar-refractivity contribution in [1.29, 1.82) is 0 Å². The van der Waals surface area contributed by atoms with Gasteiger partial charge in [0.05, 0.1) is 0 Å². The Bertz CT molecular complexity index is 334. The lowest BCUT2D eigenvalue weighted by molar-refractivity contribution is 0.521. The zero-order chi connectivity index (χ0) is 14.6. The lowest BCUT2D eigenvalue weighted by Crippen LogP contribution is -2.19. The Morgan fingerprint density at radius 1 is 0.900 bits per heavy atom. The largest absolute Gasteiger partial charge is 0.310 e. The van der Waals surface area contributed by atoms with Crippen molar-refractivity contribution in [1.82, 2.24) is 5.32 Å². The quantitative estimate of drug-likeness (QED) is 0.484. The molecule has 0 spiro atoms. The van der Waals surface area contributed by atoms with E-state index in [1.807, 2.05) is 12.1 Å². The van der Waals surface area contributed by atoms with Crippen LogP contribution >= 0.6 is 11.6 Å². The van der Waals surface area contributed by atoms with Crippen LogP contribution in [0.4, 0.5) is 0 Å². The van der Waals surface area contributed by atoms with Gasteiger partial charge in [0.2, 0.25) is 0 Å². The number of benzene rings is 1. The summed E-state index contributed by atoms with van der Waals surface area (Å²) in [5.74, 6) is 0. The number of rotatable bonds is 11. The summed E-state index contributed by atoms with van der Waals surface area (Å²) in [6, 6.07) is 8.55. The minimum atomic E-state index is 0.414. The first-order valence-corrected chi connectivity index (χ1v) is 8.60. The summed E-state index contributed by atoms with van der Waals surface area (Å²) in [5.41, 5.74) is 1.31. The SMILES string of the molecule is CCCCCCCCCCN[C@H](C)c1ccc(Cl)cc1. The van der Waals surface area contributed by atoms with Gasteiger partial charge in [-0.2, -0.15) is 0 Å². The fourth-order valence-electron chi connectivity index (χ4n) is 2.45. The van der Waals surface area contributed by atoms with E-state index in [2.05, 4.69) is 31.3 Å². The molecule has 1 N–H and O–H groups in total. The molecule has 0 amide bonds. The van der Waals surface area contributed by atoms with Gasteiger partial charge in [-0.15, -0.1) is 0 Å². The van der Waals surface area contributed by atoms with E-state index < -0.39 is 0 Å². The van der Waals surface area contributed by atoms with Crippen molar-refractivity contribution in [2.75, 3.05) is 6.54 Å². The molecule has 0 aliphatic carbocycles. The molecular formula is C18H30ClN. The van der Waals surface area contributed by atoms with Gasteiger partial charge in [-0.3, -0.25) is 0 Å². The normalized spacial score (nSPS) is 12.6. The summed E-state index contributed by atoms with van der Waals surface area (Å²) in [6.07, 6.45) is 11.0. The maximum atomic E-state index is 5.90. The van der Waals surface area contributed by atoms with Crippen LogP contribution in [-0.4, -0.2) is 6.54 Å². The molecule has 1 atom stereocenters. The highest BCUT2D eigenvalue weighted by atomic mass is 35.5. The van der Waals surface area contributed by atoms with Crippen LogP contribution in [-0.2, 0) is 0 Å². The minimum Gasteiger partial charge on any atom is -0.310 e. The summed E-state index contributed by atoms with van der Waals surface area (Å²) in [4.78, 5) is 0. The molecule has 0 radical (unpaired) electrons. The molecule has 0 aliphatic heterocycles. The second kappa shape index (κ2) is 11.2. The zero-order valence-corrected chi connectivity index (χ0v) is 13.9. The monoisotopic (exact) mass is 295 g/mol. The Morgan fingerprint density at radius 2 is 1.45 bits per heavy atom. The first-order valence-electron chi connectivity index (χ1n) is 8.23. The third-order valence-electron chi connectivity index (χ3n) is 3.85. The van der Waals surface area contributed by atoms with Gasteiger partial charge in [0.15, 0.2) is 0 Å². The Labute approximate surface area is 130 Å². The van der Waals surface area contributed by atoms with E-state index in [0.717, 1.165) is 11.6 Å². The van der Waals surface area contributed by atoms with E-state index in [-0.39, 0.29) is 0 Å². The molecule has 114 valence electrons. The molecule has 0 aromatic heterocycles. The fourth-order valence-corrected chi connectivity index (χ4v) is 2.57. The van der Waals surface area contributed by atoms with Gasteiger partial charge >= 0.3 is 0 Å². The van der Waals surface area contributed by atoms with E-state index >= 15 is 0 Å². The van der Waals surface area contributed by atoms with E-state index in [1.54, 1.807) is 0 Å². The molecule has 1 nitrogen and oxygen atoms in total. The van der Waals surface area contributed by atoms with Gasteiger partial charge in [-0.1, -0.05) is 75.6 Å². The first kappa shape index (κ1) is 17.5. The second-order valence-electron chi connectivity index (χ2n) is 5.70. The number of hydrogen-bond acceptors (Lipinski definition) is 1. The van der Waals surface area contributed by atoms with Gasteiger partial charge in [0.1, 0.15) is 0 Å². The number of unbranched alkanes of at least 4 members (excludes halogenated alkanes) is 7. The Kier molecular flexibility index (Phi) is 9.78. The average molecular weight is 296 g/mol. The van der Waals surface area contributed by atoms with Crippen LogP contribution in [0.25, 0.3) is 0 Å². The lowest BCUT2D eigenvalue weighted by atomic mass is 10.1. The van der Waals surface area contributed by atoms with Crippen molar-refractivity contribution in [3.8, 4) is 0 Å². The van der Waals surface area contributed by atoms with Crippen LogP contribution in [0.1, 0.15) is 76.8 Å². The van der Waals surface area contributed by atoms with Crippen molar-refractivity contribution < 1.29 is 0 Å². The highest BCUT2D eigenvalue weighted by molar-refractivity contribution is 6.30. The maximum absolute atomic E-state index is 5.90. The second-order valence-corrected chi connectivity index (χ2v) is 6.14. The molecule has 1 aromatic carbocycles. The van der Waals surface area contributed by atoms with Gasteiger partial charge < -0.3 is 5.32 Å². The van der Waals surface area contributed by atoms with Crippen LogP contribution in [0, 0.1) is 0 Å². The first-order chi connectivity index (χ1) is 9.74. The molecule has 0 saturated heterocycles. The van der Waals surface area contributed by atoms with Crippen LogP contribution in [0.2, 0.25) is 5.02 Å². The Morgan fingerprint density at radius 3 is 2.05 bits per heavy atom. The summed E-state index contributed by atoms with van der Waals surface area (Å²) < 4.78 is 0. The van der Waals surface area contributed by atoms with Crippen LogP contribution in [0.3, 0.4) is 0 Å². The fraction of sp³-hybridized carbons (Fsp3) is 0.667. The number of nitrogens with one attached hydrogen (secondary N) is 1. The number of halogens is 1. The standard InChI is InChI=1S/C18H30ClN/c1-3-4-5-6-7-8-9-10-15-20-16(2)17-11-13-18(19)14-12-17/h11-14,16,20H,3-10,15H2,1-2H3/t16-/m1/s1. The highest BCUT2D eigenvalue weighted by Gasteiger charge is 2.03.